The molecule has 2 rings (SSSR count). The second-order valence-corrected chi connectivity index (χ2v) is 58.8. The summed E-state index contributed by atoms with van der Waals surface area (Å²) in [6.07, 6.45) is 5.11. The SMILES string of the molecule is C1CCOC1.C1CCOC1.C[Si](C)(C)[N-][Si](C)(C)C.C[Si](C)(C)[N-][Si](C)(C)C.C[Si](C)(C)[N-][Si](C)(C)C.C[Si](C)(C)[N-][Si](C)(C)C.[Se-2].[Y+3].[Y+3]. The number of hydrogen-bond donors (Lipinski definition) is 0. The van der Waals surface area contributed by atoms with E-state index in [-0.39, 0.29) is 82.5 Å². The number of nitrogens with zero attached hydrogens (tertiary/aromatic N) is 4. The van der Waals surface area contributed by atoms with Gasteiger partial charge in [-0.15, -0.1) is 0 Å². The quantitative estimate of drug-likeness (QED) is 0.227. The van der Waals surface area contributed by atoms with Crippen LogP contribution in [0.5, 0.6) is 0 Å². The monoisotopic (exact) mass is 1040 g/mol. The molecule has 0 aromatic rings. The summed E-state index contributed by atoms with van der Waals surface area (Å²) in [5.74, 6) is 0. The molecular formula is C32H88N4O2SeSi8Y2. The van der Waals surface area contributed by atoms with Crippen LogP contribution in [0.3, 0.4) is 0 Å². The second kappa shape index (κ2) is 31.2. The van der Waals surface area contributed by atoms with E-state index in [2.05, 4.69) is 157 Å². The van der Waals surface area contributed by atoms with Crippen LogP contribution in [0.4, 0.5) is 0 Å². The minimum absolute atomic E-state index is 0. The van der Waals surface area contributed by atoms with E-state index in [0.29, 0.717) is 0 Å². The fourth-order valence-electron chi connectivity index (χ4n) is 5.05. The molecule has 6 nitrogen and oxygen atoms in total. The predicted octanol–water partition coefficient (Wildman–Crippen LogP) is 13.3. The van der Waals surface area contributed by atoms with Crippen LogP contribution in [0.15, 0.2) is 0 Å². The zero-order valence-corrected chi connectivity index (χ0v) is 53.2. The van der Waals surface area contributed by atoms with Crippen molar-refractivity contribution < 1.29 is 74.9 Å². The van der Waals surface area contributed by atoms with Crippen molar-refractivity contribution in [1.82, 2.24) is 0 Å². The van der Waals surface area contributed by atoms with Crippen molar-refractivity contribution in [2.24, 2.45) is 0 Å². The molecule has 2 aliphatic rings. The van der Waals surface area contributed by atoms with E-state index >= 15 is 0 Å². The average Bonchev–Trinajstić information content (AvgIpc) is 3.37. The van der Waals surface area contributed by atoms with Crippen LogP contribution >= 0.6 is 0 Å². The van der Waals surface area contributed by atoms with E-state index in [4.69, 9.17) is 28.1 Å². The molecule has 292 valence electrons. The normalized spacial score (nSPS) is 15.2. The maximum atomic E-state index is 4.94. The van der Waals surface area contributed by atoms with Crippen LogP contribution in [-0.2, 0) is 74.9 Å². The fraction of sp³-hybridized carbons (Fsp3) is 1.00. The summed E-state index contributed by atoms with van der Waals surface area (Å²) in [7, 11) is -8.85. The molecule has 2 heterocycles. The Morgan fingerprint density at radius 1 is 0.265 bits per heavy atom. The van der Waals surface area contributed by atoms with E-state index < -0.39 is 65.9 Å². The molecule has 0 radical (unpaired) electrons. The first-order chi connectivity index (χ1) is 19.8. The molecule has 0 saturated carbocycles. The van der Waals surface area contributed by atoms with Crippen LogP contribution in [0.25, 0.3) is 18.6 Å². The van der Waals surface area contributed by atoms with Crippen LogP contribution in [0.1, 0.15) is 25.7 Å². The molecule has 2 fully saturated rings. The molecule has 0 N–H and O–H groups in total. The molecule has 0 bridgehead atoms. The first-order valence-corrected chi connectivity index (χ1v) is 45.5. The average molecular weight is 1040 g/mol. The molecule has 0 amide bonds. The molecule has 2 aliphatic heterocycles. The molecular weight excluding hydrogens is 954 g/mol. The van der Waals surface area contributed by atoms with Gasteiger partial charge < -0.3 is 45.1 Å². The Hall–Kier alpha value is 4.22. The summed E-state index contributed by atoms with van der Waals surface area (Å²) >= 11 is 0. The first kappa shape index (κ1) is 67.9. The number of hydrogen-bond acceptors (Lipinski definition) is 2. The van der Waals surface area contributed by atoms with Crippen molar-refractivity contribution in [2.45, 2.75) is 183 Å². The van der Waals surface area contributed by atoms with Gasteiger partial charge in [-0.3, -0.25) is 0 Å². The second-order valence-electron chi connectivity index (χ2n) is 20.5. The smallest absolute Gasteiger partial charge is 2.00 e. The van der Waals surface area contributed by atoms with E-state index in [1.165, 1.54) is 25.7 Å². The van der Waals surface area contributed by atoms with Crippen molar-refractivity contribution >= 4 is 83.0 Å². The van der Waals surface area contributed by atoms with Crippen molar-refractivity contribution in [3.05, 3.63) is 18.6 Å². The third kappa shape index (κ3) is 90.2. The molecule has 0 aliphatic carbocycles. The van der Waals surface area contributed by atoms with Crippen LogP contribution in [-0.4, -0.2) is 109 Å². The summed E-state index contributed by atoms with van der Waals surface area (Å²) in [6, 6.07) is 0. The topological polar surface area (TPSA) is 74.9 Å². The predicted molar refractivity (Wildman–Crippen MR) is 246 cm³/mol. The summed E-state index contributed by atoms with van der Waals surface area (Å²) in [6.45, 7) is 59.1. The van der Waals surface area contributed by atoms with E-state index in [1.807, 2.05) is 0 Å². The Morgan fingerprint density at radius 3 is 0.388 bits per heavy atom. The Balaban J connectivity index is -0.0000000863. The van der Waals surface area contributed by atoms with Crippen molar-refractivity contribution in [3.8, 4) is 0 Å². The van der Waals surface area contributed by atoms with Gasteiger partial charge in [0.05, 0.1) is 0 Å². The van der Waals surface area contributed by atoms with Gasteiger partial charge in [0.2, 0.25) is 0 Å². The molecule has 0 aromatic carbocycles. The van der Waals surface area contributed by atoms with Gasteiger partial charge in [-0.05, 0) is 25.7 Å². The molecule has 0 aromatic heterocycles. The van der Waals surface area contributed by atoms with E-state index in [1.54, 1.807) is 0 Å². The van der Waals surface area contributed by atoms with Gasteiger partial charge in [-0.1, -0.05) is 223 Å². The minimum Gasteiger partial charge on any atom is -2.00 e. The summed E-state index contributed by atoms with van der Waals surface area (Å²) in [5.41, 5.74) is 0. The molecule has 49 heavy (non-hydrogen) atoms. The van der Waals surface area contributed by atoms with Crippen molar-refractivity contribution in [2.75, 3.05) is 26.4 Å². The van der Waals surface area contributed by atoms with Gasteiger partial charge in [-0.2, -0.15) is 0 Å². The van der Waals surface area contributed by atoms with E-state index in [0.717, 1.165) is 26.4 Å². The first-order valence-electron chi connectivity index (χ1n) is 17.9. The molecule has 0 atom stereocenters. The van der Waals surface area contributed by atoms with Crippen LogP contribution in [0.2, 0.25) is 157 Å². The molecule has 2 saturated heterocycles. The zero-order chi connectivity index (χ0) is 37.9. The van der Waals surface area contributed by atoms with Crippen molar-refractivity contribution in [1.29, 1.82) is 0 Å². The van der Waals surface area contributed by atoms with Gasteiger partial charge in [0.15, 0.2) is 0 Å². The van der Waals surface area contributed by atoms with Gasteiger partial charge in [0, 0.05) is 26.4 Å². The third-order valence-corrected chi connectivity index (χ3v) is 25.8. The number of ether oxygens (including phenoxy) is 2. The molecule has 0 unspecified atom stereocenters. The molecule has 0 spiro atoms. The van der Waals surface area contributed by atoms with Crippen LogP contribution in [0, 0.1) is 0 Å². The Labute approximate surface area is 381 Å². The minimum atomic E-state index is -1.11. The maximum absolute atomic E-state index is 4.94. The standard InChI is InChI=1S/4C6H18NSi2.2C4H8O.Se.2Y/c4*1-8(2,3)7-9(4,5)6;2*1-2-4-5-3-1;;;/h4*1-6H3;2*1-4H2;;;/q4*-1;;;-2;2*+3. The Kier molecular flexibility index (Phi) is 43.3. The van der Waals surface area contributed by atoms with Gasteiger partial charge in [0.1, 0.15) is 0 Å². The fourth-order valence-corrected chi connectivity index (χ4v) is 37.2. The number of rotatable bonds is 8. The largest absolute Gasteiger partial charge is 3.00 e. The third-order valence-electron chi connectivity index (χ3n) is 4.34. The van der Waals surface area contributed by atoms with Crippen molar-refractivity contribution in [3.63, 3.8) is 0 Å². The zero-order valence-electron chi connectivity index (χ0n) is 37.8. The Morgan fingerprint density at radius 2 is 0.367 bits per heavy atom. The van der Waals surface area contributed by atoms with Gasteiger partial charge in [0.25, 0.3) is 0 Å². The Bertz CT molecular complexity index is 556. The maximum Gasteiger partial charge on any atom is 3.00 e. The summed E-state index contributed by atoms with van der Waals surface area (Å²) < 4.78 is 29.2. The van der Waals surface area contributed by atoms with Crippen LogP contribution < -0.4 is 0 Å². The summed E-state index contributed by atoms with van der Waals surface area (Å²) in [5, 5.41) is 0. The van der Waals surface area contributed by atoms with E-state index in [9.17, 15) is 0 Å². The van der Waals surface area contributed by atoms with Gasteiger partial charge >= 0.3 is 65.4 Å². The van der Waals surface area contributed by atoms with Gasteiger partial charge in [-0.25, -0.2) is 0 Å². The summed E-state index contributed by atoms with van der Waals surface area (Å²) in [4.78, 5) is 0. The molecule has 17 heteroatoms.